The second-order valence-electron chi connectivity index (χ2n) is 8.28. The number of rotatable bonds is 7. The topological polar surface area (TPSA) is 104 Å². The molecular formula is C26H27N3O4S. The highest BCUT2D eigenvalue weighted by Gasteiger charge is 2.29. The summed E-state index contributed by atoms with van der Waals surface area (Å²) in [4.78, 5) is 25.1. The van der Waals surface area contributed by atoms with E-state index in [9.17, 15) is 18.0 Å². The van der Waals surface area contributed by atoms with Gasteiger partial charge in [-0.25, -0.2) is 8.42 Å². The number of hydrogen-bond donors (Lipinski definition) is 3. The Morgan fingerprint density at radius 1 is 1.03 bits per heavy atom. The molecule has 4 rings (SSSR count). The zero-order valence-electron chi connectivity index (χ0n) is 19.1. The zero-order valence-corrected chi connectivity index (χ0v) is 19.9. The van der Waals surface area contributed by atoms with Crippen LogP contribution in [0.4, 0.5) is 11.4 Å². The van der Waals surface area contributed by atoms with Crippen LogP contribution in [-0.2, 0) is 32.5 Å². The summed E-state index contributed by atoms with van der Waals surface area (Å²) in [6, 6.07) is 18.0. The molecule has 1 unspecified atom stereocenters. The van der Waals surface area contributed by atoms with Crippen molar-refractivity contribution in [2.45, 2.75) is 44.0 Å². The molecule has 0 saturated heterocycles. The van der Waals surface area contributed by atoms with Gasteiger partial charge in [-0.15, -0.1) is 0 Å². The van der Waals surface area contributed by atoms with Gasteiger partial charge in [-0.1, -0.05) is 55.5 Å². The first kappa shape index (κ1) is 23.7. The number of carbonyl (C=O) groups is 2. The number of sulfonamides is 1. The largest absolute Gasteiger partial charge is 0.326 e. The smallest absolute Gasteiger partial charge is 0.247 e. The monoisotopic (exact) mass is 477 g/mol. The number of benzene rings is 3. The van der Waals surface area contributed by atoms with Crippen LogP contribution in [0.15, 0.2) is 71.6 Å². The fourth-order valence-electron chi connectivity index (χ4n) is 4.07. The summed E-state index contributed by atoms with van der Waals surface area (Å²) in [6.07, 6.45) is 1.49. The average molecular weight is 478 g/mol. The Morgan fingerprint density at radius 2 is 1.79 bits per heavy atom. The van der Waals surface area contributed by atoms with E-state index in [1.54, 1.807) is 42.5 Å². The molecule has 0 spiro atoms. The minimum atomic E-state index is -4.04. The van der Waals surface area contributed by atoms with Crippen LogP contribution in [-0.4, -0.2) is 20.2 Å². The van der Waals surface area contributed by atoms with Crippen molar-refractivity contribution in [2.75, 3.05) is 10.6 Å². The molecule has 1 aliphatic heterocycles. The number of amides is 2. The minimum absolute atomic E-state index is 0.0428. The number of aryl methyl sites for hydroxylation is 3. The van der Waals surface area contributed by atoms with E-state index in [0.717, 1.165) is 23.1 Å². The Kier molecular flexibility index (Phi) is 6.81. The highest BCUT2D eigenvalue weighted by atomic mass is 32.2. The van der Waals surface area contributed by atoms with Crippen molar-refractivity contribution in [2.24, 2.45) is 0 Å². The molecule has 0 saturated carbocycles. The van der Waals surface area contributed by atoms with Gasteiger partial charge in [-0.05, 0) is 60.2 Å². The van der Waals surface area contributed by atoms with Crippen molar-refractivity contribution >= 4 is 33.2 Å². The molecule has 3 aromatic carbocycles. The maximum Gasteiger partial charge on any atom is 0.247 e. The highest BCUT2D eigenvalue weighted by molar-refractivity contribution is 7.89. The third-order valence-electron chi connectivity index (χ3n) is 5.94. The van der Waals surface area contributed by atoms with Gasteiger partial charge in [0, 0.05) is 17.8 Å². The molecule has 1 heterocycles. The number of carbonyl (C=O) groups excluding carboxylic acids is 2. The second-order valence-corrected chi connectivity index (χ2v) is 10.00. The van der Waals surface area contributed by atoms with E-state index in [4.69, 9.17) is 0 Å². The summed E-state index contributed by atoms with van der Waals surface area (Å²) in [7, 11) is -4.04. The normalized spacial score (nSPS) is 14.1. The van der Waals surface area contributed by atoms with Gasteiger partial charge in [0.05, 0.1) is 4.90 Å². The van der Waals surface area contributed by atoms with Crippen LogP contribution < -0.4 is 15.4 Å². The summed E-state index contributed by atoms with van der Waals surface area (Å²) in [5, 5.41) is 5.69. The predicted octanol–water partition coefficient (Wildman–Crippen LogP) is 4.10. The molecule has 3 N–H and O–H groups in total. The van der Waals surface area contributed by atoms with E-state index in [2.05, 4.69) is 15.4 Å². The van der Waals surface area contributed by atoms with Crippen LogP contribution in [0.1, 0.15) is 41.6 Å². The fraction of sp³-hybridized carbons (Fsp3) is 0.231. The molecule has 2 amide bonds. The number of hydrogen-bond acceptors (Lipinski definition) is 4. The molecule has 34 heavy (non-hydrogen) atoms. The van der Waals surface area contributed by atoms with E-state index in [1.165, 1.54) is 6.07 Å². The minimum Gasteiger partial charge on any atom is -0.326 e. The average Bonchev–Trinajstić information content (AvgIpc) is 2.83. The molecule has 0 aromatic heterocycles. The lowest BCUT2D eigenvalue weighted by molar-refractivity contribution is -0.118. The first-order chi connectivity index (χ1) is 16.3. The number of fused-ring (bicyclic) bond motifs is 1. The van der Waals surface area contributed by atoms with Gasteiger partial charge < -0.3 is 10.6 Å². The Labute approximate surface area is 199 Å². The Morgan fingerprint density at radius 3 is 2.53 bits per heavy atom. The maximum atomic E-state index is 13.4. The van der Waals surface area contributed by atoms with Crippen LogP contribution in [0, 0.1) is 6.92 Å². The van der Waals surface area contributed by atoms with Crippen LogP contribution >= 0.6 is 0 Å². The van der Waals surface area contributed by atoms with Gasteiger partial charge in [0.1, 0.15) is 6.04 Å². The molecule has 1 atom stereocenters. The van der Waals surface area contributed by atoms with Gasteiger partial charge in [-0.3, -0.25) is 9.59 Å². The molecule has 3 aromatic rings. The number of anilines is 2. The molecule has 176 valence electrons. The predicted molar refractivity (Wildman–Crippen MR) is 132 cm³/mol. The van der Waals surface area contributed by atoms with Crippen LogP contribution in [0.3, 0.4) is 0 Å². The Balaban J connectivity index is 1.66. The van der Waals surface area contributed by atoms with Crippen LogP contribution in [0.5, 0.6) is 0 Å². The summed E-state index contributed by atoms with van der Waals surface area (Å²) in [5.41, 5.74) is 4.45. The van der Waals surface area contributed by atoms with E-state index in [-0.39, 0.29) is 10.8 Å². The van der Waals surface area contributed by atoms with Crippen molar-refractivity contribution in [3.63, 3.8) is 0 Å². The lowest BCUT2D eigenvalue weighted by atomic mass is 10.0. The van der Waals surface area contributed by atoms with Crippen molar-refractivity contribution in [1.29, 1.82) is 0 Å². The van der Waals surface area contributed by atoms with Gasteiger partial charge in [0.15, 0.2) is 0 Å². The van der Waals surface area contributed by atoms with Gasteiger partial charge in [-0.2, -0.15) is 4.72 Å². The van der Waals surface area contributed by atoms with Crippen LogP contribution in [0.2, 0.25) is 0 Å². The summed E-state index contributed by atoms with van der Waals surface area (Å²) < 4.78 is 29.3. The maximum absolute atomic E-state index is 13.4. The molecule has 0 bridgehead atoms. The van der Waals surface area contributed by atoms with Crippen LogP contribution in [0.25, 0.3) is 0 Å². The standard InChI is InChI=1S/C26H27N3O4S/c1-3-18-11-7-8-17(2)24(18)28-26(31)25(19-9-5-4-6-10-19)29-34(32,33)21-13-14-22-20(16-21)12-15-23(30)27-22/h4-11,13-14,16,25,29H,3,12,15H2,1-2H3,(H,27,30)(H,28,31). The molecule has 0 aliphatic carbocycles. The van der Waals surface area contributed by atoms with Gasteiger partial charge in [0.25, 0.3) is 0 Å². The SMILES string of the molecule is CCc1cccc(C)c1NC(=O)C(NS(=O)(=O)c1ccc2c(c1)CCC(=O)N2)c1ccccc1. The lowest BCUT2D eigenvalue weighted by Crippen LogP contribution is -2.37. The quantitative estimate of drug-likeness (QED) is 0.477. The number of nitrogens with one attached hydrogen (secondary N) is 3. The number of para-hydroxylation sites is 1. The van der Waals surface area contributed by atoms with Crippen molar-refractivity contribution in [3.05, 3.63) is 89.0 Å². The first-order valence-corrected chi connectivity index (χ1v) is 12.7. The third-order valence-corrected chi connectivity index (χ3v) is 7.36. The summed E-state index contributed by atoms with van der Waals surface area (Å²) >= 11 is 0. The van der Waals surface area contributed by atoms with Crippen molar-refractivity contribution in [1.82, 2.24) is 4.72 Å². The molecule has 1 aliphatic rings. The van der Waals surface area contributed by atoms with Crippen molar-refractivity contribution in [3.8, 4) is 0 Å². The zero-order chi connectivity index (χ0) is 24.3. The van der Waals surface area contributed by atoms with Gasteiger partial charge in [0.2, 0.25) is 21.8 Å². The van der Waals surface area contributed by atoms with E-state index >= 15 is 0 Å². The fourth-order valence-corrected chi connectivity index (χ4v) is 5.30. The van der Waals surface area contributed by atoms with E-state index in [1.807, 2.05) is 32.0 Å². The third kappa shape index (κ3) is 5.03. The summed E-state index contributed by atoms with van der Waals surface area (Å²) in [5.74, 6) is -0.561. The summed E-state index contributed by atoms with van der Waals surface area (Å²) in [6.45, 7) is 3.91. The first-order valence-electron chi connectivity index (χ1n) is 11.2. The Hall–Kier alpha value is -3.49. The van der Waals surface area contributed by atoms with E-state index < -0.39 is 22.0 Å². The molecule has 0 radical (unpaired) electrons. The molecule has 0 fully saturated rings. The van der Waals surface area contributed by atoms with Gasteiger partial charge >= 0.3 is 0 Å². The molecule has 8 heteroatoms. The van der Waals surface area contributed by atoms with E-state index in [0.29, 0.717) is 29.8 Å². The van der Waals surface area contributed by atoms with Crippen molar-refractivity contribution < 1.29 is 18.0 Å². The molecule has 7 nitrogen and oxygen atoms in total. The Bertz CT molecular complexity index is 1340. The lowest BCUT2D eigenvalue weighted by Gasteiger charge is -2.22. The highest BCUT2D eigenvalue weighted by Crippen LogP contribution is 2.28. The molecular weight excluding hydrogens is 450 g/mol. The second kappa shape index (κ2) is 9.79.